The molecule has 2 rings (SSSR count). The van der Waals surface area contributed by atoms with Gasteiger partial charge >= 0.3 is 0 Å². The average Bonchev–Trinajstić information content (AvgIpc) is 2.37. The van der Waals surface area contributed by atoms with Crippen LogP contribution in [0.15, 0.2) is 48.5 Å². The Balaban J connectivity index is 2.17. The third kappa shape index (κ3) is 3.04. The maximum absolute atomic E-state index is 9.32. The molecular formula is C16H19NO. The molecule has 94 valence electrons. The number of anilines is 1. The smallest absolute Gasteiger partial charge is 0.115 e. The molecule has 0 heterocycles. The number of hydrogen-bond acceptors (Lipinski definition) is 2. The molecule has 1 atom stereocenters. The lowest BCUT2D eigenvalue weighted by atomic mass is 10.0. The summed E-state index contributed by atoms with van der Waals surface area (Å²) in [5.41, 5.74) is 3.58. The van der Waals surface area contributed by atoms with Crippen molar-refractivity contribution in [1.82, 2.24) is 0 Å². The summed E-state index contributed by atoms with van der Waals surface area (Å²) >= 11 is 0. The van der Waals surface area contributed by atoms with Crippen molar-refractivity contribution in [2.45, 2.75) is 26.3 Å². The predicted octanol–water partition coefficient (Wildman–Crippen LogP) is 4.26. The molecule has 0 aromatic heterocycles. The highest BCUT2D eigenvalue weighted by molar-refractivity contribution is 5.47. The molecule has 0 aliphatic carbocycles. The van der Waals surface area contributed by atoms with Gasteiger partial charge in [0.15, 0.2) is 0 Å². The minimum Gasteiger partial charge on any atom is -0.508 e. The first-order valence-electron chi connectivity index (χ1n) is 6.31. The van der Waals surface area contributed by atoms with E-state index in [1.165, 1.54) is 11.1 Å². The van der Waals surface area contributed by atoms with Crippen LogP contribution in [-0.4, -0.2) is 5.11 Å². The van der Waals surface area contributed by atoms with Crippen LogP contribution in [0.5, 0.6) is 5.75 Å². The zero-order valence-electron chi connectivity index (χ0n) is 10.9. The highest BCUT2D eigenvalue weighted by Crippen LogP contribution is 2.24. The lowest BCUT2D eigenvalue weighted by Crippen LogP contribution is -2.09. The van der Waals surface area contributed by atoms with Crippen molar-refractivity contribution in [3.63, 3.8) is 0 Å². The number of rotatable bonds is 4. The molecule has 0 fully saturated rings. The second-order valence-electron chi connectivity index (χ2n) is 4.57. The molecule has 2 aromatic carbocycles. The van der Waals surface area contributed by atoms with E-state index in [2.05, 4.69) is 43.4 Å². The molecule has 2 N–H and O–H groups in total. The zero-order chi connectivity index (χ0) is 13.0. The number of phenols is 1. The number of hydrogen-bond donors (Lipinski definition) is 2. The molecule has 2 nitrogen and oxygen atoms in total. The molecule has 0 saturated carbocycles. The van der Waals surface area contributed by atoms with Crippen molar-refractivity contribution in [3.05, 3.63) is 59.7 Å². The second kappa shape index (κ2) is 5.58. The van der Waals surface area contributed by atoms with E-state index in [9.17, 15) is 5.11 Å². The number of benzene rings is 2. The van der Waals surface area contributed by atoms with Gasteiger partial charge in [-0.25, -0.2) is 0 Å². The van der Waals surface area contributed by atoms with Crippen LogP contribution in [0.2, 0.25) is 0 Å². The van der Waals surface area contributed by atoms with Crippen molar-refractivity contribution < 1.29 is 5.11 Å². The Bertz CT molecular complexity index is 505. The minimum atomic E-state index is 0.271. The van der Waals surface area contributed by atoms with Gasteiger partial charge in [0.2, 0.25) is 0 Å². The molecule has 0 aliphatic heterocycles. The molecule has 1 unspecified atom stereocenters. The molecular weight excluding hydrogens is 222 g/mol. The summed E-state index contributed by atoms with van der Waals surface area (Å²) in [4.78, 5) is 0. The van der Waals surface area contributed by atoms with Gasteiger partial charge in [-0.1, -0.05) is 31.2 Å². The molecule has 0 radical (unpaired) electrons. The topological polar surface area (TPSA) is 32.3 Å². The van der Waals surface area contributed by atoms with Gasteiger partial charge in [-0.05, 0) is 48.7 Å². The molecule has 0 aliphatic rings. The van der Waals surface area contributed by atoms with Crippen molar-refractivity contribution >= 4 is 5.69 Å². The Morgan fingerprint density at radius 2 is 1.83 bits per heavy atom. The third-order valence-corrected chi connectivity index (χ3v) is 3.06. The highest BCUT2D eigenvalue weighted by atomic mass is 16.3. The number of nitrogens with one attached hydrogen (secondary N) is 1. The van der Waals surface area contributed by atoms with Crippen LogP contribution < -0.4 is 5.32 Å². The van der Waals surface area contributed by atoms with Gasteiger partial charge in [0, 0.05) is 5.69 Å². The Hall–Kier alpha value is -1.96. The molecule has 0 bridgehead atoms. The Kier molecular flexibility index (Phi) is 3.88. The van der Waals surface area contributed by atoms with E-state index < -0.39 is 0 Å². The number of phenolic OH excluding ortho intramolecular Hbond substituents is 1. The lowest BCUT2D eigenvalue weighted by molar-refractivity contribution is 0.475. The molecule has 0 spiro atoms. The number of aromatic hydroxyl groups is 1. The summed E-state index contributed by atoms with van der Waals surface area (Å²) < 4.78 is 0. The largest absolute Gasteiger partial charge is 0.508 e. The summed E-state index contributed by atoms with van der Waals surface area (Å²) in [5, 5.41) is 12.8. The van der Waals surface area contributed by atoms with Crippen molar-refractivity contribution in [2.24, 2.45) is 0 Å². The van der Waals surface area contributed by atoms with Crippen LogP contribution in [0.1, 0.15) is 30.5 Å². The fourth-order valence-corrected chi connectivity index (χ4v) is 2.06. The molecule has 2 aromatic rings. The first kappa shape index (κ1) is 12.5. The Morgan fingerprint density at radius 3 is 2.44 bits per heavy atom. The van der Waals surface area contributed by atoms with Gasteiger partial charge in [-0.3, -0.25) is 0 Å². The molecule has 0 saturated heterocycles. The number of aryl methyl sites for hydroxylation is 1. The predicted molar refractivity (Wildman–Crippen MR) is 75.9 cm³/mol. The third-order valence-electron chi connectivity index (χ3n) is 3.06. The van der Waals surface area contributed by atoms with E-state index >= 15 is 0 Å². The lowest BCUT2D eigenvalue weighted by Gasteiger charge is -2.19. The standard InChI is InChI=1S/C16H19NO/c1-3-16(13-7-9-15(18)10-8-13)17-14-6-4-5-12(2)11-14/h4-11,16-18H,3H2,1-2H3. The van der Waals surface area contributed by atoms with Crippen LogP contribution in [0.25, 0.3) is 0 Å². The van der Waals surface area contributed by atoms with Gasteiger partial charge in [0.25, 0.3) is 0 Å². The maximum atomic E-state index is 9.32. The van der Waals surface area contributed by atoms with Gasteiger partial charge in [-0.2, -0.15) is 0 Å². The summed E-state index contributed by atoms with van der Waals surface area (Å²) in [6.07, 6.45) is 0.999. The van der Waals surface area contributed by atoms with E-state index in [-0.39, 0.29) is 6.04 Å². The van der Waals surface area contributed by atoms with E-state index in [0.717, 1.165) is 12.1 Å². The summed E-state index contributed by atoms with van der Waals surface area (Å²) in [5.74, 6) is 0.309. The molecule has 18 heavy (non-hydrogen) atoms. The fourth-order valence-electron chi connectivity index (χ4n) is 2.06. The SMILES string of the molecule is CCC(Nc1cccc(C)c1)c1ccc(O)cc1. The maximum Gasteiger partial charge on any atom is 0.115 e. The average molecular weight is 241 g/mol. The Labute approximate surface area is 108 Å². The Morgan fingerprint density at radius 1 is 1.11 bits per heavy atom. The van der Waals surface area contributed by atoms with Crippen LogP contribution in [0.4, 0.5) is 5.69 Å². The van der Waals surface area contributed by atoms with E-state index in [1.54, 1.807) is 12.1 Å². The first-order chi connectivity index (χ1) is 8.69. The van der Waals surface area contributed by atoms with E-state index in [0.29, 0.717) is 5.75 Å². The monoisotopic (exact) mass is 241 g/mol. The van der Waals surface area contributed by atoms with Crippen LogP contribution in [-0.2, 0) is 0 Å². The molecule has 2 heteroatoms. The van der Waals surface area contributed by atoms with Gasteiger partial charge in [0.1, 0.15) is 5.75 Å². The summed E-state index contributed by atoms with van der Waals surface area (Å²) in [6.45, 7) is 4.24. The second-order valence-corrected chi connectivity index (χ2v) is 4.57. The van der Waals surface area contributed by atoms with Crippen molar-refractivity contribution in [2.75, 3.05) is 5.32 Å². The van der Waals surface area contributed by atoms with Crippen LogP contribution in [0.3, 0.4) is 0 Å². The van der Waals surface area contributed by atoms with Crippen LogP contribution >= 0.6 is 0 Å². The van der Waals surface area contributed by atoms with Crippen molar-refractivity contribution in [3.8, 4) is 5.75 Å². The molecule has 0 amide bonds. The fraction of sp³-hybridized carbons (Fsp3) is 0.250. The van der Waals surface area contributed by atoms with Crippen LogP contribution in [0, 0.1) is 6.92 Å². The van der Waals surface area contributed by atoms with Crippen molar-refractivity contribution in [1.29, 1.82) is 0 Å². The van der Waals surface area contributed by atoms with Gasteiger partial charge in [-0.15, -0.1) is 0 Å². The summed E-state index contributed by atoms with van der Waals surface area (Å²) in [6, 6.07) is 16.0. The zero-order valence-corrected chi connectivity index (χ0v) is 10.9. The van der Waals surface area contributed by atoms with Gasteiger partial charge in [0.05, 0.1) is 6.04 Å². The highest BCUT2D eigenvalue weighted by Gasteiger charge is 2.08. The normalized spacial score (nSPS) is 12.1. The van der Waals surface area contributed by atoms with Gasteiger partial charge < -0.3 is 10.4 Å². The quantitative estimate of drug-likeness (QED) is 0.838. The minimum absolute atomic E-state index is 0.271. The van der Waals surface area contributed by atoms with E-state index in [4.69, 9.17) is 0 Å². The summed E-state index contributed by atoms with van der Waals surface area (Å²) in [7, 11) is 0. The first-order valence-corrected chi connectivity index (χ1v) is 6.31. The van der Waals surface area contributed by atoms with E-state index in [1.807, 2.05) is 12.1 Å².